The number of primary sulfonamides is 1. The third kappa shape index (κ3) is 2.94. The normalized spacial score (nSPS) is 11.9. The van der Waals surface area contributed by atoms with Crippen molar-refractivity contribution >= 4 is 10.0 Å². The second kappa shape index (κ2) is 4.88. The summed E-state index contributed by atoms with van der Waals surface area (Å²) in [6.45, 7) is 0.879. The van der Waals surface area contributed by atoms with E-state index in [-0.39, 0.29) is 5.09 Å². The van der Waals surface area contributed by atoms with Gasteiger partial charge in [-0.05, 0) is 12.1 Å². The van der Waals surface area contributed by atoms with E-state index in [0.29, 0.717) is 18.8 Å². The first kappa shape index (κ1) is 12.7. The quantitative estimate of drug-likeness (QED) is 0.746. The molecule has 98 valence electrons. The molecule has 3 N–H and O–H groups in total. The fourth-order valence-electron chi connectivity index (χ4n) is 1.37. The van der Waals surface area contributed by atoms with Crippen LogP contribution in [0.25, 0.3) is 0 Å². The van der Waals surface area contributed by atoms with Crippen LogP contribution >= 0.6 is 0 Å². The van der Waals surface area contributed by atoms with Crippen molar-refractivity contribution in [2.24, 2.45) is 12.2 Å². The molecule has 0 bridgehead atoms. The van der Waals surface area contributed by atoms with Crippen LogP contribution in [0.3, 0.4) is 0 Å². The molecule has 0 aromatic carbocycles. The third-order valence-corrected chi connectivity index (χ3v) is 3.09. The van der Waals surface area contributed by atoms with Gasteiger partial charge in [0.2, 0.25) is 5.09 Å². The van der Waals surface area contributed by atoms with Crippen LogP contribution in [0.4, 0.5) is 0 Å². The predicted molar refractivity (Wildman–Crippen MR) is 61.6 cm³/mol. The fraction of sp³-hybridized carbons (Fsp3) is 0.333. The minimum absolute atomic E-state index is 0.238. The number of aromatic nitrogens is 3. The van der Waals surface area contributed by atoms with Gasteiger partial charge >= 0.3 is 0 Å². The maximum atomic E-state index is 11.0. The lowest BCUT2D eigenvalue weighted by molar-refractivity contribution is 0.401. The predicted octanol–water partition coefficient (Wildman–Crippen LogP) is -0.655. The summed E-state index contributed by atoms with van der Waals surface area (Å²) >= 11 is 0. The molecule has 0 amide bonds. The standard InChI is InChI=1S/C9H13N5O3S/c1-14-6-12-13-8(14)5-11-4-7-2-3-9(17-7)18(10,15)16/h2-3,6,11H,4-5H2,1H3,(H2,10,15,16). The smallest absolute Gasteiger partial charge is 0.271 e. The van der Waals surface area contributed by atoms with Gasteiger partial charge in [-0.25, -0.2) is 13.6 Å². The van der Waals surface area contributed by atoms with Crippen LogP contribution in [-0.4, -0.2) is 23.2 Å². The minimum atomic E-state index is -3.78. The maximum absolute atomic E-state index is 11.0. The van der Waals surface area contributed by atoms with E-state index < -0.39 is 10.0 Å². The fourth-order valence-corrected chi connectivity index (χ4v) is 1.85. The van der Waals surface area contributed by atoms with Gasteiger partial charge in [-0.15, -0.1) is 10.2 Å². The lowest BCUT2D eigenvalue weighted by atomic mass is 10.4. The first-order valence-electron chi connectivity index (χ1n) is 5.12. The molecule has 0 unspecified atom stereocenters. The number of furan rings is 1. The van der Waals surface area contributed by atoms with Gasteiger partial charge in [-0.2, -0.15) is 0 Å². The van der Waals surface area contributed by atoms with Crippen LogP contribution in [0.1, 0.15) is 11.6 Å². The van der Waals surface area contributed by atoms with E-state index in [1.54, 1.807) is 17.0 Å². The zero-order chi connectivity index (χ0) is 13.2. The Bertz CT molecular complexity index is 630. The van der Waals surface area contributed by atoms with E-state index in [9.17, 15) is 8.42 Å². The lowest BCUT2D eigenvalue weighted by Crippen LogP contribution is -2.15. The van der Waals surface area contributed by atoms with Crippen LogP contribution in [0, 0.1) is 0 Å². The van der Waals surface area contributed by atoms with Crippen molar-refractivity contribution in [3.63, 3.8) is 0 Å². The molecular formula is C9H13N5O3S. The molecule has 0 saturated heterocycles. The summed E-state index contributed by atoms with van der Waals surface area (Å²) in [6.07, 6.45) is 1.60. The largest absolute Gasteiger partial charge is 0.447 e. The lowest BCUT2D eigenvalue weighted by Gasteiger charge is -2.01. The van der Waals surface area contributed by atoms with E-state index in [1.165, 1.54) is 6.07 Å². The maximum Gasteiger partial charge on any atom is 0.271 e. The highest BCUT2D eigenvalue weighted by Gasteiger charge is 2.12. The Balaban J connectivity index is 1.92. The molecule has 0 spiro atoms. The van der Waals surface area contributed by atoms with Crippen molar-refractivity contribution in [2.75, 3.05) is 0 Å². The van der Waals surface area contributed by atoms with Gasteiger partial charge in [0, 0.05) is 7.05 Å². The average Bonchev–Trinajstić information content (AvgIpc) is 2.88. The van der Waals surface area contributed by atoms with Gasteiger partial charge < -0.3 is 14.3 Å². The zero-order valence-electron chi connectivity index (χ0n) is 9.70. The second-order valence-corrected chi connectivity index (χ2v) is 5.22. The molecule has 0 fully saturated rings. The van der Waals surface area contributed by atoms with E-state index in [0.717, 1.165) is 5.82 Å². The number of hydrogen-bond acceptors (Lipinski definition) is 6. The highest BCUT2D eigenvalue weighted by atomic mass is 32.2. The molecule has 0 aliphatic carbocycles. The van der Waals surface area contributed by atoms with Gasteiger partial charge in [0.1, 0.15) is 17.9 Å². The van der Waals surface area contributed by atoms with Crippen molar-refractivity contribution in [3.8, 4) is 0 Å². The van der Waals surface area contributed by atoms with Gasteiger partial charge in [-0.1, -0.05) is 0 Å². The summed E-state index contributed by atoms with van der Waals surface area (Å²) in [5.41, 5.74) is 0. The molecule has 0 aliphatic rings. The molecule has 2 rings (SSSR count). The summed E-state index contributed by atoms with van der Waals surface area (Å²) in [5.74, 6) is 1.26. The number of rotatable bonds is 5. The molecule has 9 heteroatoms. The van der Waals surface area contributed by atoms with Gasteiger partial charge in [0.25, 0.3) is 10.0 Å². The molecule has 2 aromatic heterocycles. The first-order valence-corrected chi connectivity index (χ1v) is 6.66. The van der Waals surface area contributed by atoms with Gasteiger partial charge in [0.05, 0.1) is 13.1 Å². The minimum Gasteiger partial charge on any atom is -0.447 e. The number of nitrogens with one attached hydrogen (secondary N) is 1. The van der Waals surface area contributed by atoms with E-state index in [2.05, 4.69) is 15.5 Å². The number of aryl methyl sites for hydroxylation is 1. The van der Waals surface area contributed by atoms with Crippen LogP contribution in [0.2, 0.25) is 0 Å². The summed E-state index contributed by atoms with van der Waals surface area (Å²) < 4.78 is 28.8. The summed E-state index contributed by atoms with van der Waals surface area (Å²) in [7, 11) is -1.94. The molecular weight excluding hydrogens is 258 g/mol. The van der Waals surface area contributed by atoms with Crippen LogP contribution in [-0.2, 0) is 30.2 Å². The Kier molecular flexibility index (Phi) is 3.45. The monoisotopic (exact) mass is 271 g/mol. The molecule has 18 heavy (non-hydrogen) atoms. The van der Waals surface area contributed by atoms with Crippen molar-refractivity contribution < 1.29 is 12.8 Å². The first-order chi connectivity index (χ1) is 8.47. The van der Waals surface area contributed by atoms with E-state index >= 15 is 0 Å². The second-order valence-electron chi connectivity index (χ2n) is 3.73. The van der Waals surface area contributed by atoms with Crippen LogP contribution in [0.15, 0.2) is 28.0 Å². The number of sulfonamides is 1. The molecule has 0 atom stereocenters. The molecule has 2 heterocycles. The Morgan fingerprint density at radius 3 is 2.78 bits per heavy atom. The highest BCUT2D eigenvalue weighted by Crippen LogP contribution is 2.11. The number of nitrogens with zero attached hydrogens (tertiary/aromatic N) is 3. The van der Waals surface area contributed by atoms with Crippen LogP contribution in [0.5, 0.6) is 0 Å². The van der Waals surface area contributed by atoms with E-state index in [4.69, 9.17) is 9.56 Å². The van der Waals surface area contributed by atoms with Crippen molar-refractivity contribution in [1.29, 1.82) is 0 Å². The Labute approximate surface area is 104 Å². The molecule has 0 aliphatic heterocycles. The van der Waals surface area contributed by atoms with Crippen molar-refractivity contribution in [2.45, 2.75) is 18.2 Å². The summed E-state index contributed by atoms with van der Waals surface area (Å²) in [4.78, 5) is 0. The Morgan fingerprint density at radius 2 is 2.22 bits per heavy atom. The highest BCUT2D eigenvalue weighted by molar-refractivity contribution is 7.89. The molecule has 2 aromatic rings. The average molecular weight is 271 g/mol. The van der Waals surface area contributed by atoms with Gasteiger partial charge in [-0.3, -0.25) is 0 Å². The van der Waals surface area contributed by atoms with Crippen molar-refractivity contribution in [1.82, 2.24) is 20.1 Å². The van der Waals surface area contributed by atoms with E-state index in [1.807, 2.05) is 7.05 Å². The van der Waals surface area contributed by atoms with Crippen molar-refractivity contribution in [3.05, 3.63) is 30.0 Å². The molecule has 0 saturated carbocycles. The topological polar surface area (TPSA) is 116 Å². The Hall–Kier alpha value is -1.71. The number of hydrogen-bond donors (Lipinski definition) is 2. The van der Waals surface area contributed by atoms with Gasteiger partial charge in [0.15, 0.2) is 0 Å². The third-order valence-electron chi connectivity index (χ3n) is 2.30. The summed E-state index contributed by atoms with van der Waals surface area (Å²) in [6, 6.07) is 2.89. The van der Waals surface area contributed by atoms with Crippen LogP contribution < -0.4 is 10.5 Å². The SMILES string of the molecule is Cn1cnnc1CNCc1ccc(S(N)(=O)=O)o1. The number of nitrogens with two attached hydrogens (primary N) is 1. The Morgan fingerprint density at radius 1 is 1.44 bits per heavy atom. The molecule has 0 radical (unpaired) electrons. The summed E-state index contributed by atoms with van der Waals surface area (Å²) in [5, 5.41) is 15.4. The molecule has 8 nitrogen and oxygen atoms in total. The zero-order valence-corrected chi connectivity index (χ0v) is 10.5.